The fraction of sp³-hybridized carbons (Fsp3) is 0.0233. The molecule has 7 aromatic rings. The standard InChI is InChI=1S/C43H36P2/c1-8-22-36(23-9-1)43(44(37-24-10-2-11-25-37,38-26-12-3-13-27-38)39-28-14-4-15-29-39)45(40-30-16-5-17-31-40,41-32-18-6-19-33-41)42-34-20-7-21-35-42/h1-35,43H/q+2. The Balaban J connectivity index is 1.77. The predicted octanol–water partition coefficient (Wildman–Crippen LogP) is 8.67. The van der Waals surface area contributed by atoms with E-state index in [0.29, 0.717) is 0 Å². The SMILES string of the molecule is c1ccc(C([P+](c2ccccc2)(c2ccccc2)c2ccccc2)[P+](c2ccccc2)(c2ccccc2)c2ccccc2)cc1. The predicted molar refractivity (Wildman–Crippen MR) is 199 cm³/mol. The van der Waals surface area contributed by atoms with Crippen LogP contribution in [-0.2, 0) is 0 Å². The van der Waals surface area contributed by atoms with Crippen LogP contribution >= 0.6 is 14.5 Å². The minimum atomic E-state index is -2.45. The van der Waals surface area contributed by atoms with Gasteiger partial charge in [-0.05, 0) is 72.8 Å². The van der Waals surface area contributed by atoms with Crippen LogP contribution in [0.15, 0.2) is 212 Å². The summed E-state index contributed by atoms with van der Waals surface area (Å²) in [4.78, 5) is 0. The van der Waals surface area contributed by atoms with Gasteiger partial charge in [0.15, 0.2) is 14.5 Å². The van der Waals surface area contributed by atoms with Crippen LogP contribution in [-0.4, -0.2) is 0 Å². The Hall–Kier alpha value is -4.60. The Morgan fingerprint density at radius 1 is 0.222 bits per heavy atom. The smallest absolute Gasteiger partial charge is 0.0622 e. The molecule has 7 aromatic carbocycles. The van der Waals surface area contributed by atoms with Crippen LogP contribution < -0.4 is 31.8 Å². The minimum Gasteiger partial charge on any atom is -0.0622 e. The van der Waals surface area contributed by atoms with E-state index in [1.165, 1.54) is 37.4 Å². The molecule has 0 bridgehead atoms. The molecule has 7 rings (SSSR count). The lowest BCUT2D eigenvalue weighted by atomic mass is 10.2. The van der Waals surface area contributed by atoms with Gasteiger partial charge in [-0.25, -0.2) is 0 Å². The largest absolute Gasteiger partial charge is 0.221 e. The molecule has 0 amide bonds. The van der Waals surface area contributed by atoms with E-state index < -0.39 is 14.5 Å². The topological polar surface area (TPSA) is 0 Å². The van der Waals surface area contributed by atoms with E-state index in [4.69, 9.17) is 0 Å². The van der Waals surface area contributed by atoms with E-state index in [-0.39, 0.29) is 5.40 Å². The molecule has 216 valence electrons. The summed E-state index contributed by atoms with van der Waals surface area (Å²) in [5, 5.41) is 8.45. The molecular formula is C43H36P2+2. The normalized spacial score (nSPS) is 11.8. The summed E-state index contributed by atoms with van der Waals surface area (Å²) < 4.78 is 0. The van der Waals surface area contributed by atoms with Crippen LogP contribution in [0.5, 0.6) is 0 Å². The van der Waals surface area contributed by atoms with Crippen molar-refractivity contribution in [2.45, 2.75) is 5.40 Å². The van der Waals surface area contributed by atoms with Crippen LogP contribution in [0.3, 0.4) is 0 Å². The number of hydrogen-bond acceptors (Lipinski definition) is 0. The highest BCUT2D eigenvalue weighted by Crippen LogP contribution is 2.84. The zero-order valence-corrected chi connectivity index (χ0v) is 27.0. The zero-order valence-electron chi connectivity index (χ0n) is 25.2. The third-order valence-electron chi connectivity index (χ3n) is 8.81. The number of rotatable bonds is 9. The van der Waals surface area contributed by atoms with Gasteiger partial charge >= 0.3 is 0 Å². The van der Waals surface area contributed by atoms with Gasteiger partial charge in [0, 0.05) is 5.56 Å². The molecule has 0 aromatic heterocycles. The average molecular weight is 615 g/mol. The first-order valence-electron chi connectivity index (χ1n) is 15.5. The number of benzene rings is 7. The first-order valence-corrected chi connectivity index (χ1v) is 19.2. The van der Waals surface area contributed by atoms with Gasteiger partial charge in [0.2, 0.25) is 5.40 Å². The molecule has 0 saturated heterocycles. The van der Waals surface area contributed by atoms with E-state index in [1.54, 1.807) is 0 Å². The van der Waals surface area contributed by atoms with Gasteiger partial charge in [-0.1, -0.05) is 140 Å². The molecule has 0 fully saturated rings. The van der Waals surface area contributed by atoms with Crippen LogP contribution in [0, 0.1) is 0 Å². The monoisotopic (exact) mass is 614 g/mol. The van der Waals surface area contributed by atoms with Crippen molar-refractivity contribution >= 4 is 46.4 Å². The summed E-state index contributed by atoms with van der Waals surface area (Å²) in [7, 11) is -4.91. The summed E-state index contributed by atoms with van der Waals surface area (Å²) in [6, 6.07) is 79.7. The molecular weight excluding hydrogens is 578 g/mol. The summed E-state index contributed by atoms with van der Waals surface area (Å²) in [6.45, 7) is 0. The van der Waals surface area contributed by atoms with Crippen molar-refractivity contribution in [2.75, 3.05) is 0 Å². The molecule has 0 spiro atoms. The second-order valence-electron chi connectivity index (χ2n) is 11.2. The fourth-order valence-corrected chi connectivity index (χ4v) is 20.1. The number of hydrogen-bond donors (Lipinski definition) is 0. The highest BCUT2D eigenvalue weighted by atomic mass is 31.2. The Labute approximate surface area is 268 Å². The Morgan fingerprint density at radius 2 is 0.400 bits per heavy atom. The fourth-order valence-electron chi connectivity index (χ4n) is 7.05. The second kappa shape index (κ2) is 13.2. The van der Waals surface area contributed by atoms with Crippen molar-refractivity contribution in [3.63, 3.8) is 0 Å². The maximum Gasteiger partial charge on any atom is 0.221 e. The molecule has 2 heteroatoms. The maximum atomic E-state index is 2.39. The molecule has 0 aliphatic rings. The lowest BCUT2D eigenvalue weighted by Crippen LogP contribution is -2.43. The van der Waals surface area contributed by atoms with Crippen LogP contribution in [0.25, 0.3) is 0 Å². The van der Waals surface area contributed by atoms with Crippen molar-refractivity contribution < 1.29 is 0 Å². The van der Waals surface area contributed by atoms with Gasteiger partial charge in [0.1, 0.15) is 31.8 Å². The van der Waals surface area contributed by atoms with Gasteiger partial charge in [0.25, 0.3) is 0 Å². The summed E-state index contributed by atoms with van der Waals surface area (Å²) in [5.74, 6) is 0. The zero-order chi connectivity index (χ0) is 30.4. The van der Waals surface area contributed by atoms with Crippen molar-refractivity contribution in [1.82, 2.24) is 0 Å². The van der Waals surface area contributed by atoms with E-state index in [2.05, 4.69) is 212 Å². The first kappa shape index (κ1) is 29.1. The van der Waals surface area contributed by atoms with Crippen molar-refractivity contribution in [3.05, 3.63) is 218 Å². The van der Waals surface area contributed by atoms with Gasteiger partial charge in [-0.3, -0.25) is 0 Å². The molecule has 0 aliphatic heterocycles. The third kappa shape index (κ3) is 5.15. The quantitative estimate of drug-likeness (QED) is 0.143. The molecule has 0 aliphatic carbocycles. The summed E-state index contributed by atoms with van der Waals surface area (Å²) in [5.41, 5.74) is 1.37. The lowest BCUT2D eigenvalue weighted by Gasteiger charge is -2.41. The van der Waals surface area contributed by atoms with E-state index >= 15 is 0 Å². The first-order chi connectivity index (χ1) is 22.4. The molecule has 0 atom stereocenters. The highest BCUT2D eigenvalue weighted by Gasteiger charge is 2.69. The molecule has 0 N–H and O–H groups in total. The van der Waals surface area contributed by atoms with Crippen LogP contribution in [0.4, 0.5) is 0 Å². The average Bonchev–Trinajstić information content (AvgIpc) is 3.14. The molecule has 0 unspecified atom stereocenters. The maximum absolute atomic E-state index is 2.45. The van der Waals surface area contributed by atoms with Gasteiger partial charge < -0.3 is 0 Å². The Bertz CT molecular complexity index is 1590. The second-order valence-corrected chi connectivity index (χ2v) is 18.7. The van der Waals surface area contributed by atoms with E-state index in [1.807, 2.05) is 0 Å². The Morgan fingerprint density at radius 3 is 0.600 bits per heavy atom. The van der Waals surface area contributed by atoms with Gasteiger partial charge in [-0.15, -0.1) is 0 Å². The molecule has 0 radical (unpaired) electrons. The lowest BCUT2D eigenvalue weighted by molar-refractivity contribution is 1.32. The summed E-state index contributed by atoms with van der Waals surface area (Å²) in [6.07, 6.45) is 0. The van der Waals surface area contributed by atoms with Crippen molar-refractivity contribution in [1.29, 1.82) is 0 Å². The minimum absolute atomic E-state index is 0.102. The Kier molecular flexibility index (Phi) is 8.53. The van der Waals surface area contributed by atoms with Crippen LogP contribution in [0.1, 0.15) is 11.0 Å². The van der Waals surface area contributed by atoms with Crippen molar-refractivity contribution in [2.24, 2.45) is 0 Å². The molecule has 0 saturated carbocycles. The highest BCUT2D eigenvalue weighted by molar-refractivity contribution is 8.10. The molecule has 0 nitrogen and oxygen atoms in total. The van der Waals surface area contributed by atoms with E-state index in [9.17, 15) is 0 Å². The summed E-state index contributed by atoms with van der Waals surface area (Å²) >= 11 is 0. The molecule has 45 heavy (non-hydrogen) atoms. The van der Waals surface area contributed by atoms with Gasteiger partial charge in [0.05, 0.1) is 0 Å². The van der Waals surface area contributed by atoms with Crippen LogP contribution in [0.2, 0.25) is 0 Å². The van der Waals surface area contributed by atoms with Crippen molar-refractivity contribution in [3.8, 4) is 0 Å². The molecule has 0 heterocycles. The van der Waals surface area contributed by atoms with E-state index in [0.717, 1.165) is 0 Å². The third-order valence-corrected chi connectivity index (χ3v) is 19.6. The van der Waals surface area contributed by atoms with Gasteiger partial charge in [-0.2, -0.15) is 0 Å².